The summed E-state index contributed by atoms with van der Waals surface area (Å²) < 4.78 is 0. The molecule has 0 saturated carbocycles. The number of carbonyl (C=O) groups is 2. The van der Waals surface area contributed by atoms with Crippen molar-refractivity contribution in [3.8, 4) is 11.1 Å². The maximum atomic E-state index is 13.7. The van der Waals surface area contributed by atoms with Gasteiger partial charge >= 0.3 is 0 Å². The van der Waals surface area contributed by atoms with E-state index >= 15 is 0 Å². The first-order chi connectivity index (χ1) is 16.8. The molecule has 0 radical (unpaired) electrons. The van der Waals surface area contributed by atoms with Crippen molar-refractivity contribution in [2.45, 2.75) is 33.2 Å². The van der Waals surface area contributed by atoms with Crippen LogP contribution in [0, 0.1) is 6.92 Å². The van der Waals surface area contributed by atoms with E-state index in [-0.39, 0.29) is 17.9 Å². The SMILES string of the molecule is C=Cc1cc(-c2ccc(C(=O)N3CCC(C)Nc4cc(C)ccc43)cc2NC(C)=O)ccc1NC. The normalized spacial score (nSPS) is 14.9. The zero-order valence-electron chi connectivity index (χ0n) is 20.7. The van der Waals surface area contributed by atoms with Crippen molar-refractivity contribution in [2.75, 3.05) is 34.4 Å². The van der Waals surface area contributed by atoms with Gasteiger partial charge in [0, 0.05) is 49.1 Å². The molecule has 3 aromatic rings. The van der Waals surface area contributed by atoms with E-state index in [0.29, 0.717) is 17.8 Å². The quantitative estimate of drug-likeness (QED) is 0.420. The number of benzene rings is 3. The molecule has 3 N–H and O–H groups in total. The molecule has 1 heterocycles. The second kappa shape index (κ2) is 10.1. The van der Waals surface area contributed by atoms with E-state index in [2.05, 4.69) is 35.5 Å². The lowest BCUT2D eigenvalue weighted by Crippen LogP contribution is -2.32. The van der Waals surface area contributed by atoms with Gasteiger partial charge in [-0.15, -0.1) is 0 Å². The Morgan fingerprint density at radius 1 is 1.09 bits per heavy atom. The molecule has 1 aliphatic rings. The number of aryl methyl sites for hydroxylation is 1. The number of nitrogens with zero attached hydrogens (tertiary/aromatic N) is 1. The van der Waals surface area contributed by atoms with Gasteiger partial charge in [0.1, 0.15) is 0 Å². The Morgan fingerprint density at radius 3 is 2.60 bits per heavy atom. The van der Waals surface area contributed by atoms with Gasteiger partial charge in [0.25, 0.3) is 5.91 Å². The molecule has 1 aliphatic heterocycles. The highest BCUT2D eigenvalue weighted by Gasteiger charge is 2.25. The van der Waals surface area contributed by atoms with Crippen LogP contribution in [0.3, 0.4) is 0 Å². The minimum absolute atomic E-state index is 0.0959. The fourth-order valence-electron chi connectivity index (χ4n) is 4.50. The van der Waals surface area contributed by atoms with E-state index in [1.54, 1.807) is 12.1 Å². The number of anilines is 4. The van der Waals surface area contributed by atoms with Crippen LogP contribution < -0.4 is 20.9 Å². The first-order valence-corrected chi connectivity index (χ1v) is 11.9. The third-order valence-electron chi connectivity index (χ3n) is 6.30. The summed E-state index contributed by atoms with van der Waals surface area (Å²) in [4.78, 5) is 27.6. The van der Waals surface area contributed by atoms with Crippen molar-refractivity contribution >= 4 is 40.6 Å². The summed E-state index contributed by atoms with van der Waals surface area (Å²) in [5, 5.41) is 9.60. The summed E-state index contributed by atoms with van der Waals surface area (Å²) in [5.74, 6) is -0.290. The lowest BCUT2D eigenvalue weighted by molar-refractivity contribution is -0.114. The number of carbonyl (C=O) groups excluding carboxylic acids is 2. The van der Waals surface area contributed by atoms with Crippen molar-refractivity contribution < 1.29 is 9.59 Å². The number of hydrogen-bond donors (Lipinski definition) is 3. The van der Waals surface area contributed by atoms with Crippen LogP contribution in [-0.4, -0.2) is 31.4 Å². The van der Waals surface area contributed by atoms with E-state index < -0.39 is 0 Å². The van der Waals surface area contributed by atoms with E-state index in [1.165, 1.54) is 6.92 Å². The third-order valence-corrected chi connectivity index (χ3v) is 6.30. The van der Waals surface area contributed by atoms with Crippen molar-refractivity contribution in [3.05, 3.63) is 77.9 Å². The number of rotatable bonds is 5. The van der Waals surface area contributed by atoms with Gasteiger partial charge in [-0.05, 0) is 73.4 Å². The highest BCUT2D eigenvalue weighted by Crippen LogP contribution is 2.35. The van der Waals surface area contributed by atoms with E-state index in [0.717, 1.165) is 45.7 Å². The van der Waals surface area contributed by atoms with Gasteiger partial charge in [0.05, 0.1) is 11.4 Å². The average molecular weight is 469 g/mol. The van der Waals surface area contributed by atoms with Gasteiger partial charge in [0.15, 0.2) is 0 Å². The summed E-state index contributed by atoms with van der Waals surface area (Å²) >= 11 is 0. The summed E-state index contributed by atoms with van der Waals surface area (Å²) in [6.45, 7) is 10.2. The van der Waals surface area contributed by atoms with Crippen molar-refractivity contribution in [1.82, 2.24) is 0 Å². The van der Waals surface area contributed by atoms with Crippen LogP contribution in [0.4, 0.5) is 22.7 Å². The predicted octanol–water partition coefficient (Wildman–Crippen LogP) is 6.16. The van der Waals surface area contributed by atoms with Crippen molar-refractivity contribution in [2.24, 2.45) is 0 Å². The molecule has 0 aliphatic carbocycles. The van der Waals surface area contributed by atoms with Gasteiger partial charge in [-0.3, -0.25) is 9.59 Å². The molecule has 0 saturated heterocycles. The molecule has 4 rings (SSSR count). The van der Waals surface area contributed by atoms with Crippen LogP contribution >= 0.6 is 0 Å². The van der Waals surface area contributed by atoms with Gasteiger partial charge in [0.2, 0.25) is 5.91 Å². The number of fused-ring (bicyclic) bond motifs is 1. The molecule has 3 aromatic carbocycles. The highest BCUT2D eigenvalue weighted by atomic mass is 16.2. The molecule has 0 spiro atoms. The molecule has 0 bridgehead atoms. The second-order valence-electron chi connectivity index (χ2n) is 9.01. The molecule has 180 valence electrons. The molecule has 0 aromatic heterocycles. The smallest absolute Gasteiger partial charge is 0.258 e. The summed E-state index contributed by atoms with van der Waals surface area (Å²) in [6, 6.07) is 17.8. The monoisotopic (exact) mass is 468 g/mol. The highest BCUT2D eigenvalue weighted by molar-refractivity contribution is 6.09. The maximum absolute atomic E-state index is 13.7. The molecule has 6 heteroatoms. The lowest BCUT2D eigenvalue weighted by Gasteiger charge is -2.23. The summed E-state index contributed by atoms with van der Waals surface area (Å²) in [6.07, 6.45) is 2.62. The van der Waals surface area contributed by atoms with Crippen LogP contribution in [0.15, 0.2) is 61.2 Å². The Balaban J connectivity index is 1.76. The van der Waals surface area contributed by atoms with Gasteiger partial charge in [-0.2, -0.15) is 0 Å². The Bertz CT molecular complexity index is 1300. The zero-order chi connectivity index (χ0) is 25.1. The molecule has 6 nitrogen and oxygen atoms in total. The molecule has 1 unspecified atom stereocenters. The van der Waals surface area contributed by atoms with Crippen LogP contribution in [0.2, 0.25) is 0 Å². The fourth-order valence-corrected chi connectivity index (χ4v) is 4.50. The standard InChI is InChI=1S/C29H32N4O2/c1-6-21-16-22(9-11-25(21)30-5)24-10-8-23(17-26(24)32-20(4)34)29(35)33-14-13-19(3)31-27-15-18(2)7-12-28(27)33/h6-12,15-17,19,30-31H,1,13-14H2,2-5H3,(H,32,34). The Labute approximate surface area is 207 Å². The Morgan fingerprint density at radius 2 is 1.89 bits per heavy atom. The molecular formula is C29H32N4O2. The largest absolute Gasteiger partial charge is 0.388 e. The Hall–Kier alpha value is -4.06. The third kappa shape index (κ3) is 5.06. The van der Waals surface area contributed by atoms with Crippen molar-refractivity contribution in [3.63, 3.8) is 0 Å². The molecule has 0 fully saturated rings. The Kier molecular flexibility index (Phi) is 6.92. The van der Waals surface area contributed by atoms with Crippen LogP contribution in [0.1, 0.15) is 41.8 Å². The predicted molar refractivity (Wildman–Crippen MR) is 146 cm³/mol. The minimum Gasteiger partial charge on any atom is -0.388 e. The molecule has 1 atom stereocenters. The summed E-state index contributed by atoms with van der Waals surface area (Å²) in [7, 11) is 1.86. The van der Waals surface area contributed by atoms with Gasteiger partial charge in [-0.1, -0.05) is 30.9 Å². The molecular weight excluding hydrogens is 436 g/mol. The van der Waals surface area contributed by atoms with E-state index in [4.69, 9.17) is 0 Å². The number of amides is 2. The van der Waals surface area contributed by atoms with Crippen LogP contribution in [0.5, 0.6) is 0 Å². The first-order valence-electron chi connectivity index (χ1n) is 11.9. The molecule has 2 amide bonds. The van der Waals surface area contributed by atoms with Gasteiger partial charge < -0.3 is 20.9 Å². The number of nitrogens with one attached hydrogen (secondary N) is 3. The van der Waals surface area contributed by atoms with Crippen LogP contribution in [0.25, 0.3) is 17.2 Å². The van der Waals surface area contributed by atoms with E-state index in [9.17, 15) is 9.59 Å². The van der Waals surface area contributed by atoms with Gasteiger partial charge in [-0.25, -0.2) is 0 Å². The van der Waals surface area contributed by atoms with E-state index in [1.807, 2.05) is 61.3 Å². The average Bonchev–Trinajstić information content (AvgIpc) is 3.00. The van der Waals surface area contributed by atoms with Crippen molar-refractivity contribution in [1.29, 1.82) is 0 Å². The fraction of sp³-hybridized carbons (Fsp3) is 0.241. The minimum atomic E-state index is -0.194. The molecule has 35 heavy (non-hydrogen) atoms. The van der Waals surface area contributed by atoms with Crippen LogP contribution in [-0.2, 0) is 4.79 Å². The topological polar surface area (TPSA) is 73.5 Å². The second-order valence-corrected chi connectivity index (χ2v) is 9.01. The number of hydrogen-bond acceptors (Lipinski definition) is 4. The zero-order valence-corrected chi connectivity index (χ0v) is 20.7. The lowest BCUT2D eigenvalue weighted by atomic mass is 9.98. The first kappa shape index (κ1) is 24.1. The maximum Gasteiger partial charge on any atom is 0.258 e. The summed E-state index contributed by atoms with van der Waals surface area (Å²) in [5.41, 5.74) is 7.78.